The average molecular weight is 245 g/mol. The molecule has 2 aliphatic heterocycles. The molecular weight excluding hydrogens is 226 g/mol. The largest absolute Gasteiger partial charge is 0.399 e. The minimum atomic E-state index is -0.265. The van der Waals surface area contributed by atoms with Crippen molar-refractivity contribution in [2.24, 2.45) is 5.41 Å². The molecule has 2 saturated heterocycles. The quantitative estimate of drug-likeness (QED) is 0.767. The Morgan fingerprint density at radius 2 is 2.17 bits per heavy atom. The maximum absolute atomic E-state index is 12.4. The van der Waals surface area contributed by atoms with Gasteiger partial charge in [-0.05, 0) is 38.0 Å². The van der Waals surface area contributed by atoms with Gasteiger partial charge in [-0.25, -0.2) is 5.01 Å². The van der Waals surface area contributed by atoms with E-state index in [9.17, 15) is 4.79 Å². The number of carbonyl (C=O) groups is 1. The Morgan fingerprint density at radius 3 is 2.89 bits per heavy atom. The third kappa shape index (κ3) is 1.60. The van der Waals surface area contributed by atoms with Gasteiger partial charge in [-0.1, -0.05) is 12.1 Å². The Labute approximate surface area is 107 Å². The van der Waals surface area contributed by atoms with Crippen molar-refractivity contribution in [3.05, 3.63) is 29.8 Å². The van der Waals surface area contributed by atoms with Crippen molar-refractivity contribution >= 4 is 11.6 Å². The molecule has 0 saturated carbocycles. The summed E-state index contributed by atoms with van der Waals surface area (Å²) in [6.07, 6.45) is 0.991. The molecule has 4 heteroatoms. The number of nitrogens with zero attached hydrogens (tertiary/aromatic N) is 2. The first kappa shape index (κ1) is 11.5. The molecule has 2 aliphatic rings. The summed E-state index contributed by atoms with van der Waals surface area (Å²) < 4.78 is 0. The van der Waals surface area contributed by atoms with Crippen LogP contribution in [0.5, 0.6) is 0 Å². The lowest BCUT2D eigenvalue weighted by Gasteiger charge is -2.26. The van der Waals surface area contributed by atoms with E-state index in [0.29, 0.717) is 0 Å². The summed E-state index contributed by atoms with van der Waals surface area (Å²) in [5, 5.41) is 4.12. The number of hydrazine groups is 1. The maximum Gasteiger partial charge on any atom is 0.244 e. The van der Waals surface area contributed by atoms with E-state index in [1.807, 2.05) is 37.1 Å². The summed E-state index contributed by atoms with van der Waals surface area (Å²) in [5.74, 6) is 0.229. The summed E-state index contributed by atoms with van der Waals surface area (Å²) in [4.78, 5) is 12.4. The number of benzene rings is 1. The minimum absolute atomic E-state index is 0.155. The van der Waals surface area contributed by atoms with Gasteiger partial charge in [-0.2, -0.15) is 0 Å². The monoisotopic (exact) mass is 245 g/mol. The molecule has 0 aliphatic carbocycles. The van der Waals surface area contributed by atoms with E-state index in [2.05, 4.69) is 11.1 Å². The molecule has 0 spiro atoms. The molecule has 2 N–H and O–H groups in total. The topological polar surface area (TPSA) is 49.6 Å². The molecular formula is C14H19N3O. The lowest BCUT2D eigenvalue weighted by atomic mass is 9.92. The van der Waals surface area contributed by atoms with E-state index < -0.39 is 0 Å². The fraction of sp³-hybridized carbons (Fsp3) is 0.500. The number of carbonyl (C=O) groups excluding carboxylic acids is 1. The second-order valence-electron chi connectivity index (χ2n) is 5.90. The Morgan fingerprint density at radius 1 is 1.39 bits per heavy atom. The SMILES string of the molecule is CC1(C)CN2CCC(c3cccc(N)c3)N2C1=O. The predicted molar refractivity (Wildman–Crippen MR) is 70.4 cm³/mol. The van der Waals surface area contributed by atoms with Gasteiger partial charge in [-0.15, -0.1) is 0 Å². The summed E-state index contributed by atoms with van der Waals surface area (Å²) in [6.45, 7) is 5.81. The van der Waals surface area contributed by atoms with Crippen LogP contribution < -0.4 is 5.73 Å². The number of hydrogen-bond acceptors (Lipinski definition) is 3. The molecule has 0 radical (unpaired) electrons. The number of hydrogen-bond donors (Lipinski definition) is 1. The number of fused-ring (bicyclic) bond motifs is 1. The van der Waals surface area contributed by atoms with Crippen LogP contribution in [-0.2, 0) is 4.79 Å². The fourth-order valence-corrected chi connectivity index (χ4v) is 3.03. The summed E-state index contributed by atoms with van der Waals surface area (Å²) >= 11 is 0. The molecule has 18 heavy (non-hydrogen) atoms. The average Bonchev–Trinajstić information content (AvgIpc) is 2.79. The number of anilines is 1. The second kappa shape index (κ2) is 3.72. The number of nitrogen functional groups attached to an aromatic ring is 1. The van der Waals surface area contributed by atoms with Gasteiger partial charge in [0.25, 0.3) is 0 Å². The van der Waals surface area contributed by atoms with Crippen molar-refractivity contribution in [1.29, 1.82) is 0 Å². The van der Waals surface area contributed by atoms with Crippen LogP contribution in [0, 0.1) is 5.41 Å². The molecule has 3 rings (SSSR count). The van der Waals surface area contributed by atoms with Gasteiger partial charge in [0.15, 0.2) is 0 Å². The molecule has 4 nitrogen and oxygen atoms in total. The lowest BCUT2D eigenvalue weighted by Crippen LogP contribution is -2.35. The number of amides is 1. The fourth-order valence-electron chi connectivity index (χ4n) is 3.03. The Kier molecular flexibility index (Phi) is 2.38. The second-order valence-corrected chi connectivity index (χ2v) is 5.90. The van der Waals surface area contributed by atoms with E-state index in [0.717, 1.165) is 30.8 Å². The first-order valence-electron chi connectivity index (χ1n) is 6.43. The predicted octanol–water partition coefficient (Wildman–Crippen LogP) is 1.80. The van der Waals surface area contributed by atoms with Crippen LogP contribution in [-0.4, -0.2) is 29.0 Å². The summed E-state index contributed by atoms with van der Waals surface area (Å²) in [7, 11) is 0. The highest BCUT2D eigenvalue weighted by molar-refractivity contribution is 5.84. The number of rotatable bonds is 1. The zero-order valence-electron chi connectivity index (χ0n) is 10.9. The summed E-state index contributed by atoms with van der Waals surface area (Å²) in [5.41, 5.74) is 7.47. The van der Waals surface area contributed by atoms with Crippen molar-refractivity contribution in [3.8, 4) is 0 Å². The smallest absolute Gasteiger partial charge is 0.244 e. The van der Waals surface area contributed by atoms with E-state index in [4.69, 9.17) is 5.73 Å². The van der Waals surface area contributed by atoms with Crippen LogP contribution in [0.2, 0.25) is 0 Å². The Balaban J connectivity index is 1.94. The first-order chi connectivity index (χ1) is 8.49. The van der Waals surface area contributed by atoms with Crippen LogP contribution in [0.3, 0.4) is 0 Å². The van der Waals surface area contributed by atoms with Gasteiger partial charge in [0.05, 0.1) is 11.5 Å². The zero-order valence-corrected chi connectivity index (χ0v) is 10.9. The van der Waals surface area contributed by atoms with Crippen molar-refractivity contribution < 1.29 is 4.79 Å². The van der Waals surface area contributed by atoms with E-state index in [1.54, 1.807) is 0 Å². The highest BCUT2D eigenvalue weighted by atomic mass is 16.2. The summed E-state index contributed by atoms with van der Waals surface area (Å²) in [6, 6.07) is 8.03. The lowest BCUT2D eigenvalue weighted by molar-refractivity contribution is -0.142. The molecule has 0 bridgehead atoms. The molecule has 1 aromatic rings. The third-order valence-corrected chi connectivity index (χ3v) is 3.92. The van der Waals surface area contributed by atoms with Crippen molar-refractivity contribution in [2.45, 2.75) is 26.3 Å². The molecule has 1 unspecified atom stereocenters. The van der Waals surface area contributed by atoms with Crippen LogP contribution in [0.15, 0.2) is 24.3 Å². The molecule has 96 valence electrons. The van der Waals surface area contributed by atoms with Gasteiger partial charge < -0.3 is 5.73 Å². The van der Waals surface area contributed by atoms with Crippen LogP contribution in [0.25, 0.3) is 0 Å². The van der Waals surface area contributed by atoms with Crippen LogP contribution in [0.4, 0.5) is 5.69 Å². The van der Waals surface area contributed by atoms with E-state index in [-0.39, 0.29) is 17.4 Å². The normalized spacial score (nSPS) is 26.7. The zero-order chi connectivity index (χ0) is 12.9. The van der Waals surface area contributed by atoms with Gasteiger partial charge in [0.2, 0.25) is 5.91 Å². The number of nitrogens with two attached hydrogens (primary N) is 1. The van der Waals surface area contributed by atoms with Gasteiger partial charge >= 0.3 is 0 Å². The standard InChI is InChI=1S/C14H19N3O/c1-14(2)9-16-7-6-12(17(16)13(14)18)10-4-3-5-11(15)8-10/h3-5,8,12H,6-7,9,15H2,1-2H3. The molecule has 2 heterocycles. The van der Waals surface area contributed by atoms with Gasteiger partial charge in [-0.3, -0.25) is 9.80 Å². The minimum Gasteiger partial charge on any atom is -0.399 e. The Bertz CT molecular complexity index is 498. The highest BCUT2D eigenvalue weighted by Gasteiger charge is 2.50. The maximum atomic E-state index is 12.4. The van der Waals surface area contributed by atoms with Crippen molar-refractivity contribution in [1.82, 2.24) is 10.0 Å². The van der Waals surface area contributed by atoms with Crippen molar-refractivity contribution in [3.63, 3.8) is 0 Å². The molecule has 1 amide bonds. The van der Waals surface area contributed by atoms with Gasteiger partial charge in [0, 0.05) is 18.8 Å². The van der Waals surface area contributed by atoms with Gasteiger partial charge in [0.1, 0.15) is 0 Å². The molecule has 0 aromatic heterocycles. The first-order valence-corrected chi connectivity index (χ1v) is 6.43. The van der Waals surface area contributed by atoms with E-state index >= 15 is 0 Å². The van der Waals surface area contributed by atoms with E-state index in [1.165, 1.54) is 0 Å². The molecule has 2 fully saturated rings. The van der Waals surface area contributed by atoms with Crippen LogP contribution >= 0.6 is 0 Å². The van der Waals surface area contributed by atoms with Crippen LogP contribution in [0.1, 0.15) is 31.9 Å². The Hall–Kier alpha value is -1.55. The molecule has 1 aromatic carbocycles. The highest BCUT2D eigenvalue weighted by Crippen LogP contribution is 2.42. The third-order valence-electron chi connectivity index (χ3n) is 3.92. The van der Waals surface area contributed by atoms with Crippen molar-refractivity contribution in [2.75, 3.05) is 18.8 Å². The molecule has 1 atom stereocenters.